The van der Waals surface area contributed by atoms with Gasteiger partial charge in [0.05, 0.1) is 0 Å². The van der Waals surface area contributed by atoms with Crippen LogP contribution in [0.4, 0.5) is 4.39 Å². The average Bonchev–Trinajstić information content (AvgIpc) is 1.35. The maximum Gasteiger partial charge on any atom is 0.235 e. The first-order chi connectivity index (χ1) is 2.77. The lowest BCUT2D eigenvalue weighted by molar-refractivity contribution is -0.0189. The van der Waals surface area contributed by atoms with Gasteiger partial charge < -0.3 is 0 Å². The molecule has 6 heavy (non-hydrogen) atoms. The zero-order valence-corrected chi connectivity index (χ0v) is 3.36. The molecule has 0 heterocycles. The molecule has 1 unspecified atom stereocenters. The molecule has 35 valence electrons. The summed E-state index contributed by atoms with van der Waals surface area (Å²) in [6.45, 7) is 3.16. The van der Waals surface area contributed by atoms with Crippen LogP contribution in [0.2, 0.25) is 0 Å². The number of halogens is 1. The van der Waals surface area contributed by atoms with Crippen molar-refractivity contribution in [3.63, 3.8) is 0 Å². The fourth-order valence-electron chi connectivity index (χ4n) is 0.131. The number of rotatable bonds is 2. The van der Waals surface area contributed by atoms with E-state index >= 15 is 0 Å². The van der Waals surface area contributed by atoms with E-state index < -0.39 is 6.36 Å². The molecule has 1 radical (unpaired) electrons. The maximum absolute atomic E-state index is 11.1. The van der Waals surface area contributed by atoms with Crippen LogP contribution in [-0.4, -0.2) is 6.36 Å². The van der Waals surface area contributed by atoms with Crippen LogP contribution in [0.15, 0.2) is 12.7 Å². The van der Waals surface area contributed by atoms with Crippen molar-refractivity contribution < 1.29 is 9.50 Å². The third kappa shape index (κ3) is 3.63. The third-order valence-electron chi connectivity index (χ3n) is 0.352. The SMILES string of the molecule is C=CCC([O])F. The quantitative estimate of drug-likeness (QED) is 0.454. The molecule has 0 bridgehead atoms. The van der Waals surface area contributed by atoms with Crippen LogP contribution in [0.5, 0.6) is 0 Å². The van der Waals surface area contributed by atoms with Gasteiger partial charge in [-0.05, 0) is 0 Å². The first-order valence-corrected chi connectivity index (χ1v) is 1.68. The maximum atomic E-state index is 11.1. The van der Waals surface area contributed by atoms with Gasteiger partial charge in [0.2, 0.25) is 6.36 Å². The van der Waals surface area contributed by atoms with Crippen LogP contribution in [0.1, 0.15) is 6.42 Å². The monoisotopic (exact) mass is 89.0 g/mol. The Hall–Kier alpha value is -0.370. The van der Waals surface area contributed by atoms with Crippen LogP contribution >= 0.6 is 0 Å². The van der Waals surface area contributed by atoms with Crippen LogP contribution in [0, 0.1) is 0 Å². The van der Waals surface area contributed by atoms with Gasteiger partial charge in [0.15, 0.2) is 0 Å². The predicted octanol–water partition coefficient (Wildman–Crippen LogP) is 1.29. The van der Waals surface area contributed by atoms with E-state index in [1.54, 1.807) is 0 Å². The minimum absolute atomic E-state index is 0.0833. The third-order valence-corrected chi connectivity index (χ3v) is 0.352. The van der Waals surface area contributed by atoms with E-state index in [2.05, 4.69) is 6.58 Å². The van der Waals surface area contributed by atoms with Crippen LogP contribution in [-0.2, 0) is 5.11 Å². The smallest absolute Gasteiger partial charge is 0.213 e. The van der Waals surface area contributed by atoms with E-state index in [0.29, 0.717) is 0 Å². The molecule has 0 aliphatic rings. The summed E-state index contributed by atoms with van der Waals surface area (Å²) in [5.74, 6) is 0. The van der Waals surface area contributed by atoms with Crippen molar-refractivity contribution in [1.82, 2.24) is 0 Å². The van der Waals surface area contributed by atoms with Gasteiger partial charge >= 0.3 is 0 Å². The van der Waals surface area contributed by atoms with E-state index in [-0.39, 0.29) is 6.42 Å². The molecule has 0 N–H and O–H groups in total. The molecule has 0 spiro atoms. The topological polar surface area (TPSA) is 19.9 Å². The standard InChI is InChI=1S/C4H6FO/c1-2-3-4(5)6/h2,4H,1,3H2. The number of hydrogen-bond acceptors (Lipinski definition) is 0. The van der Waals surface area contributed by atoms with Gasteiger partial charge in [-0.1, -0.05) is 6.08 Å². The van der Waals surface area contributed by atoms with E-state index in [1.165, 1.54) is 6.08 Å². The highest BCUT2D eigenvalue weighted by atomic mass is 19.1. The van der Waals surface area contributed by atoms with Gasteiger partial charge in [-0.25, -0.2) is 4.39 Å². The molecule has 0 aromatic carbocycles. The summed E-state index contributed by atoms with van der Waals surface area (Å²) in [7, 11) is 0. The Morgan fingerprint density at radius 2 is 2.50 bits per heavy atom. The highest BCUT2D eigenvalue weighted by Gasteiger charge is 1.93. The van der Waals surface area contributed by atoms with Crippen LogP contribution in [0.3, 0.4) is 0 Å². The van der Waals surface area contributed by atoms with Crippen molar-refractivity contribution in [2.24, 2.45) is 0 Å². The number of hydrogen-bond donors (Lipinski definition) is 0. The lowest BCUT2D eigenvalue weighted by atomic mass is 10.4. The van der Waals surface area contributed by atoms with Gasteiger partial charge in [-0.3, -0.25) is 0 Å². The molecule has 0 rings (SSSR count). The Morgan fingerprint density at radius 3 is 2.50 bits per heavy atom. The Morgan fingerprint density at radius 1 is 2.00 bits per heavy atom. The van der Waals surface area contributed by atoms with Crippen molar-refractivity contribution in [1.29, 1.82) is 0 Å². The Balaban J connectivity index is 2.81. The molecule has 2 heteroatoms. The molecule has 0 fully saturated rings. The second kappa shape index (κ2) is 2.85. The second-order valence-electron chi connectivity index (χ2n) is 0.934. The largest absolute Gasteiger partial charge is 0.235 e. The molecular formula is C4H6FO. The summed E-state index contributed by atoms with van der Waals surface area (Å²) >= 11 is 0. The summed E-state index contributed by atoms with van der Waals surface area (Å²) in [6.07, 6.45) is -0.792. The van der Waals surface area contributed by atoms with Gasteiger partial charge in [0, 0.05) is 6.42 Å². The Kier molecular flexibility index (Phi) is 2.67. The summed E-state index contributed by atoms with van der Waals surface area (Å²) in [5.41, 5.74) is 0. The summed E-state index contributed by atoms with van der Waals surface area (Å²) in [4.78, 5) is 0. The van der Waals surface area contributed by atoms with Crippen molar-refractivity contribution in [2.45, 2.75) is 12.8 Å². The first kappa shape index (κ1) is 5.63. The van der Waals surface area contributed by atoms with E-state index in [9.17, 15) is 9.50 Å². The van der Waals surface area contributed by atoms with E-state index in [4.69, 9.17) is 0 Å². The molecule has 0 aliphatic heterocycles. The van der Waals surface area contributed by atoms with Crippen molar-refractivity contribution in [3.8, 4) is 0 Å². The van der Waals surface area contributed by atoms with Crippen molar-refractivity contribution in [2.75, 3.05) is 0 Å². The van der Waals surface area contributed by atoms with Crippen LogP contribution in [0.25, 0.3) is 0 Å². The predicted molar refractivity (Wildman–Crippen MR) is 20.4 cm³/mol. The molecule has 1 nitrogen and oxygen atoms in total. The minimum atomic E-state index is -1.97. The molecule has 0 aromatic heterocycles. The minimum Gasteiger partial charge on any atom is -0.213 e. The highest BCUT2D eigenvalue weighted by Crippen LogP contribution is 1.90. The summed E-state index contributed by atoms with van der Waals surface area (Å²) in [6, 6.07) is 0. The Bertz CT molecular complexity index is 42.8. The van der Waals surface area contributed by atoms with Gasteiger partial charge in [-0.15, -0.1) is 6.58 Å². The van der Waals surface area contributed by atoms with Crippen molar-refractivity contribution >= 4 is 0 Å². The molecule has 0 amide bonds. The fourth-order valence-corrected chi connectivity index (χ4v) is 0.131. The normalized spacial score (nSPS) is 13.7. The van der Waals surface area contributed by atoms with Gasteiger partial charge in [0.1, 0.15) is 0 Å². The zero-order valence-electron chi connectivity index (χ0n) is 3.36. The molecule has 0 aromatic rings. The molecule has 0 saturated heterocycles. The van der Waals surface area contributed by atoms with E-state index in [0.717, 1.165) is 0 Å². The number of alkyl halides is 1. The van der Waals surface area contributed by atoms with Gasteiger partial charge in [-0.2, -0.15) is 5.11 Å². The second-order valence-corrected chi connectivity index (χ2v) is 0.934. The summed E-state index contributed by atoms with van der Waals surface area (Å²) in [5, 5.41) is 9.39. The molecule has 0 aliphatic carbocycles. The average molecular weight is 89.1 g/mol. The first-order valence-electron chi connectivity index (χ1n) is 1.68. The lowest BCUT2D eigenvalue weighted by Crippen LogP contribution is -1.88. The molecular weight excluding hydrogens is 83.0 g/mol. The Labute approximate surface area is 36.1 Å². The van der Waals surface area contributed by atoms with Crippen molar-refractivity contribution in [3.05, 3.63) is 12.7 Å². The molecule has 1 atom stereocenters. The highest BCUT2D eigenvalue weighted by molar-refractivity contribution is 4.65. The summed E-state index contributed by atoms with van der Waals surface area (Å²) < 4.78 is 11.1. The van der Waals surface area contributed by atoms with Crippen LogP contribution < -0.4 is 0 Å². The van der Waals surface area contributed by atoms with Gasteiger partial charge in [0.25, 0.3) is 0 Å². The fraction of sp³-hybridized carbons (Fsp3) is 0.500. The zero-order chi connectivity index (χ0) is 4.99. The molecule has 0 saturated carbocycles. The van der Waals surface area contributed by atoms with E-state index in [1.807, 2.05) is 0 Å². The lowest BCUT2D eigenvalue weighted by Gasteiger charge is -1.84.